The molecular formula is C6H7N3S. The number of nitrogens with one attached hydrogen (secondary N) is 2. The first-order chi connectivity index (χ1) is 4.88. The van der Waals surface area contributed by atoms with Gasteiger partial charge in [-0.15, -0.1) is 11.8 Å². The quantitative estimate of drug-likeness (QED) is 0.540. The minimum absolute atomic E-state index is 0.190. The molecule has 0 fully saturated rings. The first-order valence-corrected chi connectivity index (χ1v) is 4.01. The highest BCUT2D eigenvalue weighted by molar-refractivity contribution is 8.03. The molecule has 52 valence electrons. The summed E-state index contributed by atoms with van der Waals surface area (Å²) < 4.78 is 0. The predicted molar refractivity (Wildman–Crippen MR) is 43.4 cm³/mol. The summed E-state index contributed by atoms with van der Waals surface area (Å²) in [4.78, 5) is 4.17. The van der Waals surface area contributed by atoms with Gasteiger partial charge in [-0.05, 0) is 5.41 Å². The number of rotatable bonds is 0. The molecule has 10 heavy (non-hydrogen) atoms. The number of hydrogen-bond acceptors (Lipinski definition) is 3. The van der Waals surface area contributed by atoms with E-state index in [1.165, 1.54) is 0 Å². The zero-order valence-electron chi connectivity index (χ0n) is 5.24. The summed E-state index contributed by atoms with van der Waals surface area (Å²) in [7, 11) is 0. The van der Waals surface area contributed by atoms with Crippen molar-refractivity contribution >= 4 is 23.9 Å². The van der Waals surface area contributed by atoms with Crippen molar-refractivity contribution in [1.29, 1.82) is 5.41 Å². The lowest BCUT2D eigenvalue weighted by atomic mass is 10.1. The Kier molecular flexibility index (Phi) is 1.27. The Morgan fingerprint density at radius 3 is 3.40 bits per heavy atom. The van der Waals surface area contributed by atoms with E-state index in [9.17, 15) is 0 Å². The fourth-order valence-corrected chi connectivity index (χ4v) is 1.98. The Bertz CT molecular complexity index is 221. The third-order valence-electron chi connectivity index (χ3n) is 1.59. The Labute approximate surface area is 63.1 Å². The molecule has 0 aromatic rings. The van der Waals surface area contributed by atoms with Crippen LogP contribution in [0.5, 0.6) is 0 Å². The van der Waals surface area contributed by atoms with Crippen LogP contribution in [0.25, 0.3) is 0 Å². The highest BCUT2D eigenvalue weighted by Gasteiger charge is 2.28. The van der Waals surface area contributed by atoms with E-state index in [0.29, 0.717) is 5.84 Å². The molecule has 0 aliphatic carbocycles. The molecule has 4 heteroatoms. The molecule has 0 aromatic heterocycles. The lowest BCUT2D eigenvalue weighted by Crippen LogP contribution is -2.36. The maximum atomic E-state index is 7.45. The van der Waals surface area contributed by atoms with Gasteiger partial charge in [0.2, 0.25) is 0 Å². The van der Waals surface area contributed by atoms with Gasteiger partial charge in [0.15, 0.2) is 0 Å². The molecule has 2 aliphatic rings. The van der Waals surface area contributed by atoms with Crippen molar-refractivity contribution in [3.8, 4) is 0 Å². The third-order valence-corrected chi connectivity index (χ3v) is 2.59. The molecule has 2 atom stereocenters. The molecule has 0 aromatic carbocycles. The number of amidine groups is 1. The highest BCUT2D eigenvalue weighted by atomic mass is 32.2. The zero-order valence-corrected chi connectivity index (χ0v) is 6.06. The minimum atomic E-state index is 0.190. The lowest BCUT2D eigenvalue weighted by molar-refractivity contribution is 0.777. The lowest BCUT2D eigenvalue weighted by Gasteiger charge is -2.19. The van der Waals surface area contributed by atoms with E-state index in [-0.39, 0.29) is 11.3 Å². The van der Waals surface area contributed by atoms with Crippen molar-refractivity contribution < 1.29 is 0 Å². The molecule has 2 unspecified atom stereocenters. The van der Waals surface area contributed by atoms with Crippen LogP contribution in [0.3, 0.4) is 0 Å². The van der Waals surface area contributed by atoms with Gasteiger partial charge in [-0.1, -0.05) is 6.08 Å². The minimum Gasteiger partial charge on any atom is -0.335 e. The van der Waals surface area contributed by atoms with Gasteiger partial charge in [0, 0.05) is 0 Å². The van der Waals surface area contributed by atoms with Crippen LogP contribution in [0.4, 0.5) is 0 Å². The van der Waals surface area contributed by atoms with Crippen molar-refractivity contribution in [3.05, 3.63) is 11.5 Å². The summed E-state index contributed by atoms with van der Waals surface area (Å²) in [6.45, 7) is 0. The van der Waals surface area contributed by atoms with Gasteiger partial charge in [-0.3, -0.25) is 10.4 Å². The van der Waals surface area contributed by atoms with Crippen LogP contribution in [-0.4, -0.2) is 17.5 Å². The van der Waals surface area contributed by atoms with Gasteiger partial charge in [-0.2, -0.15) is 0 Å². The summed E-state index contributed by atoms with van der Waals surface area (Å²) in [5.74, 6) is 0.747. The second-order valence-corrected chi connectivity index (χ2v) is 3.24. The second-order valence-electron chi connectivity index (χ2n) is 2.22. The SMILES string of the molecule is N=C1NC=NC2SC=CC12. The van der Waals surface area contributed by atoms with E-state index >= 15 is 0 Å². The molecule has 0 saturated heterocycles. The number of nitrogens with zero attached hydrogens (tertiary/aromatic N) is 1. The molecule has 3 nitrogen and oxygen atoms in total. The van der Waals surface area contributed by atoms with Gasteiger partial charge in [0.1, 0.15) is 11.2 Å². The predicted octanol–water partition coefficient (Wildman–Crippen LogP) is 0.798. The first-order valence-electron chi connectivity index (χ1n) is 3.07. The van der Waals surface area contributed by atoms with Crippen LogP contribution in [0.2, 0.25) is 0 Å². The van der Waals surface area contributed by atoms with Gasteiger partial charge < -0.3 is 5.32 Å². The van der Waals surface area contributed by atoms with Crippen molar-refractivity contribution in [2.75, 3.05) is 0 Å². The average molecular weight is 153 g/mol. The number of fused-ring (bicyclic) bond motifs is 1. The molecule has 2 N–H and O–H groups in total. The number of hydrogen-bond donors (Lipinski definition) is 2. The fourth-order valence-electron chi connectivity index (χ4n) is 1.03. The average Bonchev–Trinajstić information content (AvgIpc) is 2.36. The van der Waals surface area contributed by atoms with E-state index in [1.807, 2.05) is 11.5 Å². The Balaban J connectivity index is 2.28. The summed E-state index contributed by atoms with van der Waals surface area (Å²) in [6.07, 6.45) is 3.62. The van der Waals surface area contributed by atoms with Crippen LogP contribution < -0.4 is 5.32 Å². The first kappa shape index (κ1) is 5.97. The highest BCUT2D eigenvalue weighted by Crippen LogP contribution is 2.31. The number of aliphatic imine (C=N–C) groups is 1. The van der Waals surface area contributed by atoms with Crippen LogP contribution in [0.1, 0.15) is 0 Å². The molecule has 0 bridgehead atoms. The smallest absolute Gasteiger partial charge is 0.114 e. The zero-order chi connectivity index (χ0) is 6.97. The van der Waals surface area contributed by atoms with Crippen LogP contribution >= 0.6 is 11.8 Å². The summed E-state index contributed by atoms with van der Waals surface area (Å²) in [6, 6.07) is 0. The molecule has 0 amide bonds. The number of thioether (sulfide) groups is 1. The van der Waals surface area contributed by atoms with Gasteiger partial charge >= 0.3 is 0 Å². The maximum Gasteiger partial charge on any atom is 0.114 e. The largest absolute Gasteiger partial charge is 0.335 e. The van der Waals surface area contributed by atoms with Gasteiger partial charge in [0.05, 0.1) is 12.3 Å². The van der Waals surface area contributed by atoms with Crippen LogP contribution in [-0.2, 0) is 0 Å². The Hall–Kier alpha value is -0.770. The van der Waals surface area contributed by atoms with Crippen molar-refractivity contribution in [2.45, 2.75) is 5.37 Å². The normalized spacial score (nSPS) is 35.8. The monoisotopic (exact) mass is 153 g/mol. The van der Waals surface area contributed by atoms with Gasteiger partial charge in [-0.25, -0.2) is 0 Å². The molecule has 0 radical (unpaired) electrons. The van der Waals surface area contributed by atoms with Crippen LogP contribution in [0.15, 0.2) is 16.5 Å². The topological polar surface area (TPSA) is 48.2 Å². The third kappa shape index (κ3) is 0.759. The molecule has 2 heterocycles. The molecule has 0 saturated carbocycles. The van der Waals surface area contributed by atoms with Crippen molar-refractivity contribution in [3.63, 3.8) is 0 Å². The second kappa shape index (κ2) is 2.12. The maximum absolute atomic E-state index is 7.45. The van der Waals surface area contributed by atoms with E-state index in [0.717, 1.165) is 0 Å². The van der Waals surface area contributed by atoms with E-state index in [2.05, 4.69) is 10.3 Å². The van der Waals surface area contributed by atoms with Crippen LogP contribution in [0, 0.1) is 11.3 Å². The standard InChI is InChI=1S/C6H7N3S/c7-5-4-1-2-10-6(4)9-3-8-5/h1-4,6H,(H2,7,8,9). The molecular weight excluding hydrogens is 146 g/mol. The van der Waals surface area contributed by atoms with E-state index in [4.69, 9.17) is 5.41 Å². The van der Waals surface area contributed by atoms with E-state index in [1.54, 1.807) is 18.1 Å². The summed E-state index contributed by atoms with van der Waals surface area (Å²) in [5.41, 5.74) is 0. The Morgan fingerprint density at radius 2 is 2.60 bits per heavy atom. The van der Waals surface area contributed by atoms with Crippen molar-refractivity contribution in [2.24, 2.45) is 10.9 Å². The molecule has 2 rings (SSSR count). The summed E-state index contributed by atoms with van der Waals surface area (Å²) >= 11 is 1.67. The molecule has 2 aliphatic heterocycles. The fraction of sp³-hybridized carbons (Fsp3) is 0.333. The molecule has 0 spiro atoms. The summed E-state index contributed by atoms with van der Waals surface area (Å²) in [5, 5.41) is 12.5. The van der Waals surface area contributed by atoms with Crippen molar-refractivity contribution in [1.82, 2.24) is 5.32 Å². The van der Waals surface area contributed by atoms with E-state index < -0.39 is 0 Å². The van der Waals surface area contributed by atoms with Gasteiger partial charge in [0.25, 0.3) is 0 Å². The Morgan fingerprint density at radius 1 is 1.70 bits per heavy atom.